The second kappa shape index (κ2) is 8.87. The highest BCUT2D eigenvalue weighted by atomic mass is 32.2. The number of benzene rings is 3. The fraction of sp³-hybridized carbons (Fsp3) is 0.130. The van der Waals surface area contributed by atoms with E-state index in [9.17, 15) is 14.4 Å². The highest BCUT2D eigenvalue weighted by Gasteiger charge is 2.33. The van der Waals surface area contributed by atoms with Gasteiger partial charge in [-0.25, -0.2) is 0 Å². The predicted octanol–water partition coefficient (Wildman–Crippen LogP) is 3.79. The van der Waals surface area contributed by atoms with E-state index in [2.05, 4.69) is 11.4 Å². The van der Waals surface area contributed by atoms with Crippen LogP contribution in [0, 0.1) is 0 Å². The number of hydrogen-bond acceptors (Lipinski definition) is 5. The second-order valence-corrected chi connectivity index (χ2v) is 8.67. The molecular formula is C23H18N2O4S2. The molecule has 1 saturated heterocycles. The first-order valence-electron chi connectivity index (χ1n) is 9.58. The van der Waals surface area contributed by atoms with Crippen LogP contribution in [-0.2, 0) is 14.4 Å². The van der Waals surface area contributed by atoms with E-state index in [1.54, 1.807) is 0 Å². The van der Waals surface area contributed by atoms with Crippen molar-refractivity contribution in [3.63, 3.8) is 0 Å². The lowest BCUT2D eigenvalue weighted by atomic mass is 9.96. The van der Waals surface area contributed by atoms with Gasteiger partial charge in [-0.3, -0.25) is 19.3 Å². The summed E-state index contributed by atoms with van der Waals surface area (Å²) in [6.45, 7) is -0.237. The third kappa shape index (κ3) is 4.45. The highest BCUT2D eigenvalue weighted by molar-refractivity contribution is 8.26. The van der Waals surface area contributed by atoms with Gasteiger partial charge in [-0.15, -0.1) is 0 Å². The quantitative estimate of drug-likeness (QED) is 0.338. The Morgan fingerprint density at radius 3 is 2.29 bits per heavy atom. The molecule has 0 aromatic heterocycles. The maximum atomic E-state index is 13.0. The van der Waals surface area contributed by atoms with Crippen LogP contribution in [0.2, 0.25) is 0 Å². The zero-order chi connectivity index (χ0) is 22.0. The van der Waals surface area contributed by atoms with Gasteiger partial charge in [-0.05, 0) is 39.3 Å². The Bertz CT molecular complexity index is 1210. The van der Waals surface area contributed by atoms with Gasteiger partial charge in [-0.1, -0.05) is 72.5 Å². The molecule has 0 spiro atoms. The van der Waals surface area contributed by atoms with Crippen molar-refractivity contribution in [1.29, 1.82) is 0 Å². The van der Waals surface area contributed by atoms with Gasteiger partial charge in [0.2, 0.25) is 5.91 Å². The number of nitrogens with one attached hydrogen (secondary N) is 1. The summed E-state index contributed by atoms with van der Waals surface area (Å²) in [7, 11) is 0. The Morgan fingerprint density at radius 2 is 1.68 bits per heavy atom. The van der Waals surface area contributed by atoms with E-state index in [0.29, 0.717) is 9.23 Å². The lowest BCUT2D eigenvalue weighted by molar-refractivity contribution is -0.137. The Kier molecular flexibility index (Phi) is 6.01. The lowest BCUT2D eigenvalue weighted by Gasteiger charge is -2.14. The van der Waals surface area contributed by atoms with Crippen LogP contribution in [0.25, 0.3) is 27.6 Å². The number of carboxylic acid groups (broad SMARTS) is 1. The van der Waals surface area contributed by atoms with Crippen LogP contribution in [0.1, 0.15) is 12.0 Å². The number of rotatable bonds is 6. The summed E-state index contributed by atoms with van der Waals surface area (Å²) in [6.07, 6.45) is 1.66. The average Bonchev–Trinajstić information content (AvgIpc) is 3.00. The zero-order valence-electron chi connectivity index (χ0n) is 16.3. The molecule has 0 radical (unpaired) electrons. The third-order valence-corrected chi connectivity index (χ3v) is 6.30. The lowest BCUT2D eigenvalue weighted by Crippen LogP contribution is -2.40. The van der Waals surface area contributed by atoms with Crippen molar-refractivity contribution in [2.24, 2.45) is 0 Å². The van der Waals surface area contributed by atoms with Crippen molar-refractivity contribution in [2.75, 3.05) is 13.1 Å². The molecule has 156 valence electrons. The average molecular weight is 451 g/mol. The maximum Gasteiger partial charge on any atom is 0.305 e. The van der Waals surface area contributed by atoms with E-state index >= 15 is 0 Å². The topological polar surface area (TPSA) is 86.7 Å². The van der Waals surface area contributed by atoms with E-state index in [1.165, 1.54) is 4.90 Å². The van der Waals surface area contributed by atoms with Gasteiger partial charge in [0.05, 0.1) is 11.3 Å². The smallest absolute Gasteiger partial charge is 0.305 e. The van der Waals surface area contributed by atoms with Crippen molar-refractivity contribution in [3.8, 4) is 0 Å². The van der Waals surface area contributed by atoms with Crippen molar-refractivity contribution < 1.29 is 19.5 Å². The minimum atomic E-state index is -1.00. The summed E-state index contributed by atoms with van der Waals surface area (Å²) >= 11 is 6.49. The largest absolute Gasteiger partial charge is 0.481 e. The molecule has 0 aliphatic carbocycles. The predicted molar refractivity (Wildman–Crippen MR) is 127 cm³/mol. The van der Waals surface area contributed by atoms with Crippen molar-refractivity contribution >= 4 is 73.7 Å². The van der Waals surface area contributed by atoms with Crippen LogP contribution < -0.4 is 5.32 Å². The summed E-state index contributed by atoms with van der Waals surface area (Å²) in [5, 5.41) is 15.4. The molecule has 4 rings (SSSR count). The third-order valence-electron chi connectivity index (χ3n) is 4.92. The van der Waals surface area contributed by atoms with Crippen LogP contribution in [0.15, 0.2) is 59.5 Å². The second-order valence-electron chi connectivity index (χ2n) is 6.99. The molecule has 31 heavy (non-hydrogen) atoms. The number of aliphatic carboxylic acids is 1. The molecule has 6 nitrogen and oxygen atoms in total. The molecule has 2 N–H and O–H groups in total. The van der Waals surface area contributed by atoms with Crippen LogP contribution >= 0.6 is 24.0 Å². The summed E-state index contributed by atoms with van der Waals surface area (Å²) < 4.78 is 0.300. The molecule has 1 fully saturated rings. The molecular weight excluding hydrogens is 432 g/mol. The van der Waals surface area contributed by atoms with Gasteiger partial charge in [0.25, 0.3) is 5.91 Å². The van der Waals surface area contributed by atoms with E-state index < -0.39 is 11.9 Å². The number of thioether (sulfide) groups is 1. The standard InChI is InChI=1S/C23H18N2O4S2/c26-20(24-10-9-21(27)28)13-25-22(29)19(31-23(25)30)12-18-16-7-3-1-5-14(16)11-15-6-2-4-8-17(15)18/h1-8,11-12H,9-10,13H2,(H,24,26)(H,27,28)/b19-12-. The summed E-state index contributed by atoms with van der Waals surface area (Å²) in [5.41, 5.74) is 0.931. The van der Waals surface area contributed by atoms with Gasteiger partial charge in [0.1, 0.15) is 10.9 Å². The maximum absolute atomic E-state index is 13.0. The molecule has 0 saturated carbocycles. The van der Waals surface area contributed by atoms with E-state index in [-0.39, 0.29) is 25.4 Å². The summed E-state index contributed by atoms with van der Waals surface area (Å²) in [5.74, 6) is -1.79. The van der Waals surface area contributed by atoms with Gasteiger partial charge in [0, 0.05) is 6.54 Å². The Labute approximate surface area is 187 Å². The Balaban J connectivity index is 1.64. The number of amides is 2. The van der Waals surface area contributed by atoms with Gasteiger partial charge in [-0.2, -0.15) is 0 Å². The summed E-state index contributed by atoms with van der Waals surface area (Å²) in [6, 6.07) is 18.1. The Morgan fingerprint density at radius 1 is 1.06 bits per heavy atom. The Hall–Kier alpha value is -3.23. The highest BCUT2D eigenvalue weighted by Crippen LogP contribution is 2.36. The first-order chi connectivity index (χ1) is 14.9. The monoisotopic (exact) mass is 450 g/mol. The molecule has 3 aromatic rings. The molecule has 0 unspecified atom stereocenters. The van der Waals surface area contributed by atoms with Crippen molar-refractivity contribution in [3.05, 3.63) is 65.1 Å². The number of thiocarbonyl (C=S) groups is 1. The molecule has 0 atom stereocenters. The first-order valence-corrected chi connectivity index (χ1v) is 10.8. The van der Waals surface area contributed by atoms with E-state index in [1.807, 2.05) is 54.6 Å². The molecule has 0 bridgehead atoms. The normalized spacial score (nSPS) is 15.2. The first kappa shape index (κ1) is 21.0. The fourth-order valence-electron chi connectivity index (χ4n) is 3.48. The summed E-state index contributed by atoms with van der Waals surface area (Å²) in [4.78, 5) is 37.4. The van der Waals surface area contributed by atoms with Crippen molar-refractivity contribution in [1.82, 2.24) is 10.2 Å². The van der Waals surface area contributed by atoms with Gasteiger partial charge >= 0.3 is 5.97 Å². The molecule has 1 aliphatic rings. The molecule has 8 heteroatoms. The van der Waals surface area contributed by atoms with Gasteiger partial charge in [0.15, 0.2) is 0 Å². The molecule has 2 amide bonds. The van der Waals surface area contributed by atoms with Crippen LogP contribution in [-0.4, -0.2) is 45.2 Å². The van der Waals surface area contributed by atoms with E-state index in [0.717, 1.165) is 38.9 Å². The number of fused-ring (bicyclic) bond motifs is 2. The number of carbonyl (C=O) groups excluding carboxylic acids is 2. The van der Waals surface area contributed by atoms with Crippen LogP contribution in [0.4, 0.5) is 0 Å². The van der Waals surface area contributed by atoms with Crippen LogP contribution in [0.3, 0.4) is 0 Å². The number of hydrogen-bond donors (Lipinski definition) is 2. The number of carbonyl (C=O) groups is 3. The van der Waals surface area contributed by atoms with Gasteiger partial charge < -0.3 is 10.4 Å². The SMILES string of the molecule is O=C(O)CCNC(=O)CN1C(=O)/C(=C/c2c3ccccc3cc3ccccc23)SC1=S. The minimum absolute atomic E-state index is 0.000786. The fourth-order valence-corrected chi connectivity index (χ4v) is 4.72. The molecule has 1 aliphatic heterocycles. The number of nitrogens with zero attached hydrogens (tertiary/aromatic N) is 1. The minimum Gasteiger partial charge on any atom is -0.481 e. The van der Waals surface area contributed by atoms with E-state index in [4.69, 9.17) is 17.3 Å². The number of carboxylic acids is 1. The molecule has 1 heterocycles. The van der Waals surface area contributed by atoms with Crippen molar-refractivity contribution in [2.45, 2.75) is 6.42 Å². The molecule has 3 aromatic carbocycles. The van der Waals surface area contributed by atoms with Crippen LogP contribution in [0.5, 0.6) is 0 Å². The zero-order valence-corrected chi connectivity index (χ0v) is 18.0.